The Morgan fingerprint density at radius 1 is 1.18 bits per heavy atom. The van der Waals surface area contributed by atoms with Gasteiger partial charge in [0.15, 0.2) is 4.80 Å². The van der Waals surface area contributed by atoms with Crippen molar-refractivity contribution in [1.29, 1.82) is 0 Å². The van der Waals surface area contributed by atoms with Gasteiger partial charge < -0.3 is 13.9 Å². The van der Waals surface area contributed by atoms with Gasteiger partial charge >= 0.3 is 5.97 Å². The Morgan fingerprint density at radius 2 is 1.93 bits per heavy atom. The Kier molecular flexibility index (Phi) is 7.22. The van der Waals surface area contributed by atoms with Crippen molar-refractivity contribution in [3.05, 3.63) is 113 Å². The quantitative estimate of drug-likeness (QED) is 0.188. The SMILES string of the molecule is CCOC(=O)C1=C(C)N=c2s/c(=C/c3ccc(-c4ccc(C)c([N+](=O)[O-])c4)o3)c(=O)n2C1c1ccc(OC)cc1. The molecule has 0 spiro atoms. The van der Waals surface area contributed by atoms with E-state index < -0.39 is 16.9 Å². The summed E-state index contributed by atoms with van der Waals surface area (Å²) in [7, 11) is 1.56. The van der Waals surface area contributed by atoms with E-state index in [1.165, 1.54) is 22.0 Å². The van der Waals surface area contributed by atoms with E-state index in [0.29, 0.717) is 49.0 Å². The van der Waals surface area contributed by atoms with Gasteiger partial charge in [0.05, 0.1) is 40.5 Å². The molecule has 1 aliphatic rings. The predicted octanol–water partition coefficient (Wildman–Crippen LogP) is 4.28. The monoisotopic (exact) mass is 559 g/mol. The number of thiazole rings is 1. The number of nitrogens with zero attached hydrogens (tertiary/aromatic N) is 3. The van der Waals surface area contributed by atoms with E-state index in [9.17, 15) is 19.7 Å². The number of aromatic nitrogens is 1. The Morgan fingerprint density at radius 3 is 2.60 bits per heavy atom. The standard InChI is InChI=1S/C29H25N3O7S/c1-5-38-28(34)25-17(3)30-29-31(26(25)18-8-10-20(37-4)11-9-18)27(33)24(40-29)15-21-12-13-23(39-21)19-7-6-16(2)22(14-19)32(35)36/h6-15,26H,5H2,1-4H3/b24-15+. The Bertz CT molecular complexity index is 1850. The van der Waals surface area contributed by atoms with Crippen LogP contribution < -0.4 is 19.6 Å². The van der Waals surface area contributed by atoms with Crippen molar-refractivity contribution in [2.45, 2.75) is 26.8 Å². The van der Waals surface area contributed by atoms with E-state index in [2.05, 4.69) is 4.99 Å². The zero-order chi connectivity index (χ0) is 28.6. The second-order valence-electron chi connectivity index (χ2n) is 9.04. The predicted molar refractivity (Wildman–Crippen MR) is 149 cm³/mol. The van der Waals surface area contributed by atoms with Crippen LogP contribution in [0.5, 0.6) is 5.75 Å². The maximum Gasteiger partial charge on any atom is 0.338 e. The number of ether oxygens (including phenoxy) is 2. The van der Waals surface area contributed by atoms with Crippen LogP contribution in [0.25, 0.3) is 17.4 Å². The van der Waals surface area contributed by atoms with Crippen molar-refractivity contribution in [2.75, 3.05) is 13.7 Å². The Balaban J connectivity index is 1.61. The zero-order valence-corrected chi connectivity index (χ0v) is 23.0. The molecule has 0 fully saturated rings. The van der Waals surface area contributed by atoms with E-state index in [-0.39, 0.29) is 23.4 Å². The second kappa shape index (κ2) is 10.8. The van der Waals surface area contributed by atoms with Crippen molar-refractivity contribution in [3.8, 4) is 17.1 Å². The number of carbonyl (C=O) groups excluding carboxylic acids is 1. The summed E-state index contributed by atoms with van der Waals surface area (Å²) in [5.74, 6) is 0.924. The number of esters is 1. The number of allylic oxidation sites excluding steroid dienone is 1. The molecular weight excluding hydrogens is 534 g/mol. The highest BCUT2D eigenvalue weighted by atomic mass is 32.1. The van der Waals surface area contributed by atoms with Crippen molar-refractivity contribution < 1.29 is 23.6 Å². The summed E-state index contributed by atoms with van der Waals surface area (Å²) in [5.41, 5.74) is 2.20. The minimum atomic E-state index is -0.747. The number of fused-ring (bicyclic) bond motifs is 1. The molecule has 0 saturated heterocycles. The number of carbonyl (C=O) groups is 1. The third-order valence-electron chi connectivity index (χ3n) is 6.54. The first-order valence-corrected chi connectivity index (χ1v) is 13.2. The highest BCUT2D eigenvalue weighted by Gasteiger charge is 2.33. The first kappa shape index (κ1) is 26.8. The molecule has 2 aromatic carbocycles. The lowest BCUT2D eigenvalue weighted by Crippen LogP contribution is -2.39. The third kappa shape index (κ3) is 4.87. The maximum absolute atomic E-state index is 13.8. The van der Waals surface area contributed by atoms with Crippen LogP contribution >= 0.6 is 11.3 Å². The fourth-order valence-electron chi connectivity index (χ4n) is 4.57. The van der Waals surface area contributed by atoms with Gasteiger partial charge in [-0.05, 0) is 50.6 Å². The smallest absolute Gasteiger partial charge is 0.338 e. The summed E-state index contributed by atoms with van der Waals surface area (Å²) >= 11 is 1.18. The third-order valence-corrected chi connectivity index (χ3v) is 7.52. The molecule has 0 aliphatic carbocycles. The molecule has 0 saturated carbocycles. The van der Waals surface area contributed by atoms with Gasteiger partial charge in [-0.2, -0.15) is 0 Å². The number of furan rings is 1. The van der Waals surface area contributed by atoms with Crippen LogP contribution in [0, 0.1) is 17.0 Å². The summed E-state index contributed by atoms with van der Waals surface area (Å²) in [6.45, 7) is 5.29. The minimum absolute atomic E-state index is 0.00457. The van der Waals surface area contributed by atoms with Gasteiger partial charge in [0.1, 0.15) is 17.3 Å². The number of nitro benzene ring substituents is 1. The number of nitro groups is 1. The number of methoxy groups -OCH3 is 1. The van der Waals surface area contributed by atoms with Crippen LogP contribution in [0.2, 0.25) is 0 Å². The highest BCUT2D eigenvalue weighted by molar-refractivity contribution is 7.07. The van der Waals surface area contributed by atoms with Gasteiger partial charge in [-0.3, -0.25) is 19.5 Å². The summed E-state index contributed by atoms with van der Waals surface area (Å²) in [5, 5.41) is 11.4. The van der Waals surface area contributed by atoms with Crippen LogP contribution in [0.15, 0.2) is 80.1 Å². The molecule has 5 rings (SSSR count). The largest absolute Gasteiger partial charge is 0.497 e. The van der Waals surface area contributed by atoms with Gasteiger partial charge in [0, 0.05) is 23.3 Å². The van der Waals surface area contributed by atoms with Gasteiger partial charge in [0.2, 0.25) is 0 Å². The van der Waals surface area contributed by atoms with Crippen molar-refractivity contribution in [2.24, 2.45) is 4.99 Å². The number of aryl methyl sites for hydroxylation is 1. The van der Waals surface area contributed by atoms with E-state index in [0.717, 1.165) is 0 Å². The second-order valence-corrected chi connectivity index (χ2v) is 10.0. The fourth-order valence-corrected chi connectivity index (χ4v) is 5.59. The lowest BCUT2D eigenvalue weighted by atomic mass is 9.96. The minimum Gasteiger partial charge on any atom is -0.497 e. The molecule has 4 aromatic rings. The molecule has 204 valence electrons. The van der Waals surface area contributed by atoms with E-state index in [1.807, 2.05) is 0 Å². The lowest BCUT2D eigenvalue weighted by molar-refractivity contribution is -0.385. The van der Waals surface area contributed by atoms with Crippen molar-refractivity contribution >= 4 is 29.1 Å². The fraction of sp³-hybridized carbons (Fsp3) is 0.207. The number of rotatable bonds is 7. The first-order chi connectivity index (χ1) is 19.2. The molecule has 0 amide bonds. The van der Waals surface area contributed by atoms with Crippen LogP contribution in [0.1, 0.15) is 36.8 Å². The van der Waals surface area contributed by atoms with Crippen LogP contribution in [0.4, 0.5) is 5.69 Å². The molecular formula is C29H25N3O7S. The zero-order valence-electron chi connectivity index (χ0n) is 22.2. The van der Waals surface area contributed by atoms with Crippen molar-refractivity contribution in [1.82, 2.24) is 4.57 Å². The van der Waals surface area contributed by atoms with Crippen LogP contribution in [-0.2, 0) is 9.53 Å². The molecule has 11 heteroatoms. The summed E-state index contributed by atoms with van der Waals surface area (Å²) in [6.07, 6.45) is 1.60. The van der Waals surface area contributed by atoms with E-state index in [4.69, 9.17) is 13.9 Å². The average Bonchev–Trinajstić information content (AvgIpc) is 3.52. The molecule has 1 aliphatic heterocycles. The highest BCUT2D eigenvalue weighted by Crippen LogP contribution is 2.32. The number of benzene rings is 2. The Labute approximate surface area is 232 Å². The number of hydrogen-bond donors (Lipinski definition) is 0. The van der Waals surface area contributed by atoms with Crippen LogP contribution in [-0.4, -0.2) is 29.2 Å². The molecule has 0 bridgehead atoms. The molecule has 0 radical (unpaired) electrons. The van der Waals surface area contributed by atoms with E-state index in [1.54, 1.807) is 82.5 Å². The molecule has 1 atom stereocenters. The average molecular weight is 560 g/mol. The summed E-state index contributed by atoms with van der Waals surface area (Å²) < 4.78 is 18.4. The van der Waals surface area contributed by atoms with Gasteiger partial charge in [-0.15, -0.1) is 0 Å². The van der Waals surface area contributed by atoms with Crippen LogP contribution in [0.3, 0.4) is 0 Å². The normalized spacial score (nSPS) is 15.0. The molecule has 10 nitrogen and oxygen atoms in total. The molecule has 40 heavy (non-hydrogen) atoms. The van der Waals surface area contributed by atoms with Crippen molar-refractivity contribution in [3.63, 3.8) is 0 Å². The van der Waals surface area contributed by atoms with Gasteiger partial charge in [-0.1, -0.05) is 35.6 Å². The maximum atomic E-state index is 13.8. The lowest BCUT2D eigenvalue weighted by Gasteiger charge is -2.24. The topological polar surface area (TPSA) is 126 Å². The van der Waals surface area contributed by atoms with Gasteiger partial charge in [-0.25, -0.2) is 9.79 Å². The molecule has 0 N–H and O–H groups in total. The molecule has 2 aromatic heterocycles. The van der Waals surface area contributed by atoms with E-state index >= 15 is 0 Å². The molecule has 3 heterocycles. The molecule has 1 unspecified atom stereocenters. The Hall–Kier alpha value is -4.77. The first-order valence-electron chi connectivity index (χ1n) is 12.4. The number of hydrogen-bond acceptors (Lipinski definition) is 9. The van der Waals surface area contributed by atoms with Gasteiger partial charge in [0.25, 0.3) is 11.2 Å². The summed E-state index contributed by atoms with van der Waals surface area (Å²) in [4.78, 5) is 42.7. The summed E-state index contributed by atoms with van der Waals surface area (Å²) in [6, 6.07) is 14.6.